The van der Waals surface area contributed by atoms with Gasteiger partial charge in [0.05, 0.1) is 12.7 Å². The Kier molecular flexibility index (Phi) is 9.40. The number of para-hydroxylation sites is 1. The zero-order valence-corrected chi connectivity index (χ0v) is 26.4. The molecule has 4 aromatic carbocycles. The highest BCUT2D eigenvalue weighted by Crippen LogP contribution is 2.50. The van der Waals surface area contributed by atoms with E-state index in [1.807, 2.05) is 24.3 Å². The third-order valence-corrected chi connectivity index (χ3v) is 8.54. The molecule has 0 amide bonds. The van der Waals surface area contributed by atoms with E-state index < -0.39 is 0 Å². The monoisotopic (exact) mass is 576 g/mol. The minimum atomic E-state index is -0.340. The first-order valence-electron chi connectivity index (χ1n) is 15.6. The Balaban J connectivity index is 1.66. The summed E-state index contributed by atoms with van der Waals surface area (Å²) in [5.74, 6) is 1.10. The second kappa shape index (κ2) is 13.4. The van der Waals surface area contributed by atoms with Crippen LogP contribution in [0.5, 0.6) is 11.5 Å². The minimum absolute atomic E-state index is 0.207. The van der Waals surface area contributed by atoms with Gasteiger partial charge in [-0.25, -0.2) is 4.79 Å². The van der Waals surface area contributed by atoms with Gasteiger partial charge >= 0.3 is 5.97 Å². The molecule has 1 aliphatic rings. The molecule has 0 aromatic heterocycles. The summed E-state index contributed by atoms with van der Waals surface area (Å²) in [5, 5.41) is 3.71. The van der Waals surface area contributed by atoms with Crippen molar-refractivity contribution in [2.75, 3.05) is 30.4 Å². The fourth-order valence-corrected chi connectivity index (χ4v) is 6.07. The van der Waals surface area contributed by atoms with Crippen molar-refractivity contribution < 1.29 is 14.3 Å². The van der Waals surface area contributed by atoms with Gasteiger partial charge < -0.3 is 19.7 Å². The Bertz CT molecular complexity index is 1580. The van der Waals surface area contributed by atoms with Crippen LogP contribution in [0.25, 0.3) is 0 Å². The van der Waals surface area contributed by atoms with E-state index in [0.29, 0.717) is 5.56 Å². The van der Waals surface area contributed by atoms with Gasteiger partial charge in [-0.1, -0.05) is 69.2 Å². The number of hydrogen-bond donors (Lipinski definition) is 1. The molecule has 1 unspecified atom stereocenters. The van der Waals surface area contributed by atoms with Crippen LogP contribution in [0, 0.1) is 20.8 Å². The quantitative estimate of drug-likeness (QED) is 0.159. The van der Waals surface area contributed by atoms with Crippen LogP contribution in [-0.2, 0) is 4.74 Å². The molecule has 1 atom stereocenters. The van der Waals surface area contributed by atoms with Crippen LogP contribution in [0.1, 0.15) is 89.2 Å². The normalized spacial score (nSPS) is 13.5. The molecule has 1 aliphatic heterocycles. The molecule has 0 aliphatic carbocycles. The summed E-state index contributed by atoms with van der Waals surface area (Å²) in [4.78, 5) is 15.5. The lowest BCUT2D eigenvalue weighted by molar-refractivity contribution is 0.0599. The van der Waals surface area contributed by atoms with E-state index >= 15 is 0 Å². The van der Waals surface area contributed by atoms with E-state index in [2.05, 4.69) is 93.4 Å². The second-order valence-electron chi connectivity index (χ2n) is 11.6. The number of esters is 1. The summed E-state index contributed by atoms with van der Waals surface area (Å²) >= 11 is 0. The van der Waals surface area contributed by atoms with E-state index in [1.54, 1.807) is 0 Å². The summed E-state index contributed by atoms with van der Waals surface area (Å²) in [6.45, 7) is 12.9. The predicted octanol–water partition coefficient (Wildman–Crippen LogP) is 9.83. The lowest BCUT2D eigenvalue weighted by atomic mass is 9.80. The number of methoxy groups -OCH3 is 1. The van der Waals surface area contributed by atoms with Crippen LogP contribution < -0.4 is 15.0 Å². The van der Waals surface area contributed by atoms with Gasteiger partial charge in [-0.2, -0.15) is 0 Å². The van der Waals surface area contributed by atoms with Gasteiger partial charge in [0.15, 0.2) is 0 Å². The van der Waals surface area contributed by atoms with Gasteiger partial charge in [0.1, 0.15) is 11.5 Å². The van der Waals surface area contributed by atoms with E-state index in [9.17, 15) is 4.79 Å². The van der Waals surface area contributed by atoms with E-state index in [-0.39, 0.29) is 11.9 Å². The third kappa shape index (κ3) is 6.27. The molecule has 5 rings (SSSR count). The number of unbranched alkanes of at least 4 members (excludes halogenated alkanes) is 2. The zero-order valence-electron chi connectivity index (χ0n) is 26.4. The molecule has 5 nitrogen and oxygen atoms in total. The maximum absolute atomic E-state index is 13.0. The largest absolute Gasteiger partial charge is 0.465 e. The van der Waals surface area contributed by atoms with E-state index in [4.69, 9.17) is 9.47 Å². The Morgan fingerprint density at radius 3 is 2.14 bits per heavy atom. The number of anilines is 3. The fraction of sp³-hybridized carbons (Fsp3) is 0.342. The maximum Gasteiger partial charge on any atom is 0.338 e. The number of benzene rings is 4. The summed E-state index contributed by atoms with van der Waals surface area (Å²) in [7, 11) is 1.44. The summed E-state index contributed by atoms with van der Waals surface area (Å²) in [5.41, 5.74) is 10.3. The topological polar surface area (TPSA) is 50.8 Å². The first-order chi connectivity index (χ1) is 20.9. The number of carbonyl (C=O) groups is 1. The van der Waals surface area contributed by atoms with Crippen molar-refractivity contribution in [1.29, 1.82) is 0 Å². The molecule has 1 heterocycles. The number of nitrogens with zero attached hydrogens (tertiary/aromatic N) is 1. The number of nitrogens with one attached hydrogen (secondary N) is 1. The lowest BCUT2D eigenvalue weighted by Gasteiger charge is -2.32. The van der Waals surface area contributed by atoms with Crippen molar-refractivity contribution in [1.82, 2.24) is 0 Å². The van der Waals surface area contributed by atoms with Gasteiger partial charge in [0.25, 0.3) is 0 Å². The van der Waals surface area contributed by atoms with Crippen molar-refractivity contribution >= 4 is 23.0 Å². The Morgan fingerprint density at radius 2 is 1.47 bits per heavy atom. The minimum Gasteiger partial charge on any atom is -0.465 e. The molecule has 1 N–H and O–H groups in total. The molecule has 0 bridgehead atoms. The highest BCUT2D eigenvalue weighted by atomic mass is 16.5. The SMILES string of the molecule is CCCCN(CCCC)c1ccc2c(c1)Oc1cc(C)c(Nc3c(C)cccc3C)cc1C2c1ccccc1C(=O)OC. The first-order valence-corrected chi connectivity index (χ1v) is 15.6. The number of fused-ring (bicyclic) bond motifs is 2. The van der Waals surface area contributed by atoms with Crippen molar-refractivity contribution in [3.05, 3.63) is 112 Å². The van der Waals surface area contributed by atoms with E-state index in [1.165, 1.54) is 23.9 Å². The molecule has 4 aromatic rings. The van der Waals surface area contributed by atoms with Crippen LogP contribution in [-0.4, -0.2) is 26.2 Å². The molecule has 43 heavy (non-hydrogen) atoms. The number of hydrogen-bond acceptors (Lipinski definition) is 5. The van der Waals surface area contributed by atoms with E-state index in [0.717, 1.165) is 83.9 Å². The van der Waals surface area contributed by atoms with Crippen LogP contribution in [0.15, 0.2) is 72.8 Å². The molecular weight excluding hydrogens is 532 g/mol. The summed E-state index contributed by atoms with van der Waals surface area (Å²) < 4.78 is 11.9. The second-order valence-corrected chi connectivity index (χ2v) is 11.6. The van der Waals surface area contributed by atoms with Crippen molar-refractivity contribution in [3.8, 4) is 11.5 Å². The summed E-state index contributed by atoms with van der Waals surface area (Å²) in [6, 6.07) is 25.0. The fourth-order valence-electron chi connectivity index (χ4n) is 6.07. The molecule has 0 spiro atoms. The van der Waals surface area contributed by atoms with Gasteiger partial charge in [0.2, 0.25) is 0 Å². The first kappa shape index (κ1) is 30.2. The molecule has 5 heteroatoms. The Hall–Kier alpha value is -4.25. The molecule has 0 fully saturated rings. The van der Waals surface area contributed by atoms with Crippen molar-refractivity contribution in [3.63, 3.8) is 0 Å². The van der Waals surface area contributed by atoms with Crippen LogP contribution in [0.3, 0.4) is 0 Å². The van der Waals surface area contributed by atoms with Gasteiger partial charge in [0, 0.05) is 53.3 Å². The average molecular weight is 577 g/mol. The van der Waals surface area contributed by atoms with Crippen molar-refractivity contribution in [2.24, 2.45) is 0 Å². The molecule has 0 saturated carbocycles. The third-order valence-electron chi connectivity index (χ3n) is 8.54. The highest BCUT2D eigenvalue weighted by molar-refractivity contribution is 5.92. The van der Waals surface area contributed by atoms with Gasteiger partial charge in [-0.15, -0.1) is 0 Å². The van der Waals surface area contributed by atoms with Crippen molar-refractivity contribution in [2.45, 2.75) is 66.2 Å². The van der Waals surface area contributed by atoms with Gasteiger partial charge in [-0.05, 0) is 80.1 Å². The molecule has 0 saturated heterocycles. The Morgan fingerprint density at radius 1 is 0.791 bits per heavy atom. The predicted molar refractivity (Wildman–Crippen MR) is 178 cm³/mol. The smallest absolute Gasteiger partial charge is 0.338 e. The van der Waals surface area contributed by atoms with Gasteiger partial charge in [-0.3, -0.25) is 0 Å². The lowest BCUT2D eigenvalue weighted by Crippen LogP contribution is -2.26. The van der Waals surface area contributed by atoms with Crippen LogP contribution in [0.2, 0.25) is 0 Å². The summed E-state index contributed by atoms with van der Waals surface area (Å²) in [6.07, 6.45) is 4.60. The zero-order chi connectivity index (χ0) is 30.5. The number of rotatable bonds is 11. The maximum atomic E-state index is 13.0. The number of ether oxygens (including phenoxy) is 2. The van der Waals surface area contributed by atoms with Crippen LogP contribution >= 0.6 is 0 Å². The average Bonchev–Trinajstić information content (AvgIpc) is 3.01. The molecular formula is C38H44N2O3. The standard InChI is InChI=1S/C38H44N2O3/c1-7-9-20-40(21-10-8-2)28-18-19-31-35(23-28)43-34-22-27(5)33(39-37-25(3)14-13-15-26(37)4)24-32(34)36(31)29-16-11-12-17-30(29)38(41)42-6/h11-19,22-24,36,39H,7-10,20-21H2,1-6H3. The Labute approximate surface area is 256 Å². The molecule has 0 radical (unpaired) electrons. The highest BCUT2D eigenvalue weighted by Gasteiger charge is 2.33. The number of aryl methyl sites for hydroxylation is 3. The van der Waals surface area contributed by atoms with Crippen LogP contribution in [0.4, 0.5) is 17.1 Å². The molecule has 224 valence electrons. The number of carbonyl (C=O) groups excluding carboxylic acids is 1.